The van der Waals surface area contributed by atoms with Gasteiger partial charge in [0.15, 0.2) is 16.6 Å². The van der Waals surface area contributed by atoms with E-state index in [-0.39, 0.29) is 11.1 Å². The Kier molecular flexibility index (Phi) is 6.93. The molecule has 34 heavy (non-hydrogen) atoms. The first-order valence-corrected chi connectivity index (χ1v) is 11.7. The van der Waals surface area contributed by atoms with Crippen LogP contribution in [0.4, 0.5) is 9.52 Å². The second-order valence-electron chi connectivity index (χ2n) is 7.48. The fourth-order valence-corrected chi connectivity index (χ4v) is 4.40. The highest BCUT2D eigenvalue weighted by atomic mass is 32.1. The van der Waals surface area contributed by atoms with Crippen molar-refractivity contribution < 1.29 is 28.6 Å². The average molecular weight is 483 g/mol. The van der Waals surface area contributed by atoms with Crippen LogP contribution in [-0.4, -0.2) is 35.0 Å². The van der Waals surface area contributed by atoms with E-state index in [0.29, 0.717) is 35.4 Å². The molecular formula is C25H23FN2O5S. The standard InChI is InChI=1S/C25H23FN2O5S/c1-3-12-33-18-10-7-16(14-19(18)32-4-2)21-20(22(29)15-5-8-17(26)9-6-15)23(30)24(31)28(21)25-27-11-13-34-25/h5-11,13-14,21,29H,3-4,12H2,1-2H3/t21-/m0/s1. The quantitative estimate of drug-likeness (QED) is 0.273. The summed E-state index contributed by atoms with van der Waals surface area (Å²) in [6.45, 7) is 4.72. The third-order valence-electron chi connectivity index (χ3n) is 5.23. The number of hydrogen-bond donors (Lipinski definition) is 1. The SMILES string of the molecule is CCCOc1ccc([C@H]2C(=C(O)c3ccc(F)cc3)C(=O)C(=O)N2c2nccs2)cc1OCC. The van der Waals surface area contributed by atoms with Gasteiger partial charge >= 0.3 is 5.91 Å². The summed E-state index contributed by atoms with van der Waals surface area (Å²) in [6.07, 6.45) is 2.35. The number of hydrogen-bond acceptors (Lipinski definition) is 7. The van der Waals surface area contributed by atoms with Crippen molar-refractivity contribution in [2.75, 3.05) is 18.1 Å². The topological polar surface area (TPSA) is 89.0 Å². The number of rotatable bonds is 8. The lowest BCUT2D eigenvalue weighted by atomic mass is 9.95. The third-order valence-corrected chi connectivity index (χ3v) is 6.00. The van der Waals surface area contributed by atoms with Gasteiger partial charge in [0.05, 0.1) is 24.8 Å². The summed E-state index contributed by atoms with van der Waals surface area (Å²) in [5, 5.41) is 13.1. The molecule has 0 bridgehead atoms. The Morgan fingerprint density at radius 2 is 1.88 bits per heavy atom. The minimum atomic E-state index is -0.962. The van der Waals surface area contributed by atoms with Gasteiger partial charge in [-0.2, -0.15) is 0 Å². The van der Waals surface area contributed by atoms with Gasteiger partial charge < -0.3 is 14.6 Å². The van der Waals surface area contributed by atoms with E-state index in [1.165, 1.54) is 46.7 Å². The summed E-state index contributed by atoms with van der Waals surface area (Å²) >= 11 is 1.20. The molecule has 2 heterocycles. The van der Waals surface area contributed by atoms with Crippen LogP contribution in [0.15, 0.2) is 59.6 Å². The van der Waals surface area contributed by atoms with Crippen LogP contribution in [0.3, 0.4) is 0 Å². The molecular weight excluding hydrogens is 459 g/mol. The summed E-state index contributed by atoms with van der Waals surface area (Å²) in [5.41, 5.74) is 0.637. The van der Waals surface area contributed by atoms with Gasteiger partial charge in [0.2, 0.25) is 0 Å². The number of thiazole rings is 1. The molecule has 0 saturated carbocycles. The van der Waals surface area contributed by atoms with E-state index in [1.807, 2.05) is 13.8 Å². The number of nitrogens with zero attached hydrogens (tertiary/aromatic N) is 2. The minimum absolute atomic E-state index is 0.114. The van der Waals surface area contributed by atoms with Gasteiger partial charge in [-0.15, -0.1) is 11.3 Å². The number of ketones is 1. The van der Waals surface area contributed by atoms with E-state index in [1.54, 1.807) is 23.6 Å². The van der Waals surface area contributed by atoms with Crippen LogP contribution in [-0.2, 0) is 9.59 Å². The maximum absolute atomic E-state index is 13.4. The van der Waals surface area contributed by atoms with E-state index >= 15 is 0 Å². The Morgan fingerprint density at radius 3 is 2.53 bits per heavy atom. The van der Waals surface area contributed by atoms with Crippen LogP contribution < -0.4 is 14.4 Å². The number of anilines is 1. The monoisotopic (exact) mass is 482 g/mol. The molecule has 176 valence electrons. The molecule has 1 N–H and O–H groups in total. The van der Waals surface area contributed by atoms with Crippen LogP contribution in [0, 0.1) is 5.82 Å². The fraction of sp³-hybridized carbons (Fsp3) is 0.240. The van der Waals surface area contributed by atoms with Crippen LogP contribution in [0.1, 0.15) is 37.4 Å². The molecule has 1 aromatic heterocycles. The maximum Gasteiger partial charge on any atom is 0.301 e. The first-order valence-electron chi connectivity index (χ1n) is 10.8. The molecule has 2 aromatic carbocycles. The Balaban J connectivity index is 1.89. The third kappa shape index (κ3) is 4.38. The van der Waals surface area contributed by atoms with Crippen LogP contribution in [0.5, 0.6) is 11.5 Å². The molecule has 0 unspecified atom stereocenters. The second kappa shape index (κ2) is 10.0. The molecule has 0 aliphatic carbocycles. The van der Waals surface area contributed by atoms with Gasteiger partial charge in [-0.1, -0.05) is 13.0 Å². The zero-order valence-corrected chi connectivity index (χ0v) is 19.5. The molecule has 1 saturated heterocycles. The van der Waals surface area contributed by atoms with Gasteiger partial charge in [-0.3, -0.25) is 14.5 Å². The van der Waals surface area contributed by atoms with E-state index in [4.69, 9.17) is 9.47 Å². The van der Waals surface area contributed by atoms with Crippen molar-refractivity contribution in [2.45, 2.75) is 26.3 Å². The van der Waals surface area contributed by atoms with Gasteiger partial charge in [0.1, 0.15) is 11.6 Å². The number of amides is 1. The molecule has 9 heteroatoms. The highest BCUT2D eigenvalue weighted by molar-refractivity contribution is 7.14. The zero-order chi connectivity index (χ0) is 24.2. The fourth-order valence-electron chi connectivity index (χ4n) is 3.74. The first-order chi connectivity index (χ1) is 16.5. The number of benzene rings is 2. The number of carbonyl (C=O) groups is 2. The molecule has 7 nitrogen and oxygen atoms in total. The van der Waals surface area contributed by atoms with E-state index in [2.05, 4.69) is 4.98 Å². The van der Waals surface area contributed by atoms with Crippen molar-refractivity contribution >= 4 is 33.9 Å². The Labute approximate surface area is 200 Å². The summed E-state index contributed by atoms with van der Waals surface area (Å²) in [4.78, 5) is 31.7. The van der Waals surface area contributed by atoms with Gasteiger partial charge in [-0.25, -0.2) is 9.37 Å². The maximum atomic E-state index is 13.4. The normalized spacial score (nSPS) is 17.3. The Morgan fingerprint density at radius 1 is 1.12 bits per heavy atom. The lowest BCUT2D eigenvalue weighted by Crippen LogP contribution is -2.29. The lowest BCUT2D eigenvalue weighted by molar-refractivity contribution is -0.132. The predicted octanol–water partition coefficient (Wildman–Crippen LogP) is 5.10. The van der Waals surface area contributed by atoms with Crippen molar-refractivity contribution in [3.8, 4) is 11.5 Å². The number of halogens is 1. The Hall–Kier alpha value is -3.72. The number of ether oxygens (including phenoxy) is 2. The number of aliphatic hydroxyl groups excluding tert-OH is 1. The van der Waals surface area contributed by atoms with Crippen LogP contribution >= 0.6 is 11.3 Å². The van der Waals surface area contributed by atoms with Crippen LogP contribution in [0.2, 0.25) is 0 Å². The van der Waals surface area contributed by atoms with Crippen molar-refractivity contribution in [3.63, 3.8) is 0 Å². The minimum Gasteiger partial charge on any atom is -0.507 e. The number of aliphatic hydroxyl groups is 1. The van der Waals surface area contributed by atoms with Crippen molar-refractivity contribution in [3.05, 3.63) is 76.6 Å². The van der Waals surface area contributed by atoms with Crippen LogP contribution in [0.25, 0.3) is 5.76 Å². The second-order valence-corrected chi connectivity index (χ2v) is 8.35. The molecule has 4 rings (SSSR count). The van der Waals surface area contributed by atoms with Gasteiger partial charge in [-0.05, 0) is 55.3 Å². The molecule has 1 fully saturated rings. The summed E-state index contributed by atoms with van der Waals surface area (Å²) in [7, 11) is 0. The number of carbonyl (C=O) groups excluding carboxylic acids is 2. The summed E-state index contributed by atoms with van der Waals surface area (Å²) in [6, 6.07) is 9.23. The molecule has 3 aromatic rings. The number of aromatic nitrogens is 1. The smallest absolute Gasteiger partial charge is 0.301 e. The molecule has 1 atom stereocenters. The molecule has 1 amide bonds. The van der Waals surface area contributed by atoms with Crippen molar-refractivity contribution in [2.24, 2.45) is 0 Å². The largest absolute Gasteiger partial charge is 0.507 e. The number of Topliss-reactive ketones (excluding diaryl/α,β-unsaturated/α-hetero) is 1. The first kappa shape index (κ1) is 23.4. The van der Waals surface area contributed by atoms with E-state index in [0.717, 1.165) is 6.42 Å². The summed E-state index contributed by atoms with van der Waals surface area (Å²) < 4.78 is 25.0. The Bertz CT molecular complexity index is 1220. The van der Waals surface area contributed by atoms with Gasteiger partial charge in [0.25, 0.3) is 5.78 Å². The molecule has 1 aliphatic heterocycles. The van der Waals surface area contributed by atoms with Crippen molar-refractivity contribution in [1.82, 2.24) is 4.98 Å². The van der Waals surface area contributed by atoms with E-state index < -0.39 is 29.3 Å². The highest BCUT2D eigenvalue weighted by Crippen LogP contribution is 2.44. The molecule has 0 radical (unpaired) electrons. The molecule has 1 aliphatic rings. The van der Waals surface area contributed by atoms with E-state index in [9.17, 15) is 19.1 Å². The molecule has 0 spiro atoms. The average Bonchev–Trinajstić information content (AvgIpc) is 3.45. The zero-order valence-electron chi connectivity index (χ0n) is 18.7. The predicted molar refractivity (Wildman–Crippen MR) is 127 cm³/mol. The van der Waals surface area contributed by atoms with Crippen molar-refractivity contribution in [1.29, 1.82) is 0 Å². The van der Waals surface area contributed by atoms with Gasteiger partial charge in [0, 0.05) is 17.1 Å². The highest BCUT2D eigenvalue weighted by Gasteiger charge is 2.48. The lowest BCUT2D eigenvalue weighted by Gasteiger charge is -2.24. The summed E-state index contributed by atoms with van der Waals surface area (Å²) in [5.74, 6) is -1.55.